The second-order valence-electron chi connectivity index (χ2n) is 13.8. The molecule has 0 spiro atoms. The molecule has 250 valence electrons. The molecule has 9 rings (SSSR count). The van der Waals surface area contributed by atoms with Gasteiger partial charge < -0.3 is 15.0 Å². The fraction of sp³-hybridized carbons (Fsp3) is 0.417. The maximum absolute atomic E-state index is 13.2. The maximum Gasteiger partial charge on any atom is 0.262 e. The van der Waals surface area contributed by atoms with E-state index in [9.17, 15) is 19.2 Å². The first kappa shape index (κ1) is 29.9. The summed E-state index contributed by atoms with van der Waals surface area (Å²) >= 11 is 0. The molecule has 2 N–H and O–H groups in total. The molecule has 2 aromatic carbocycles. The van der Waals surface area contributed by atoms with Gasteiger partial charge in [0.1, 0.15) is 6.04 Å². The molecule has 13 heteroatoms. The molecule has 5 aliphatic rings. The van der Waals surface area contributed by atoms with Gasteiger partial charge in [-0.15, -0.1) is 0 Å². The van der Waals surface area contributed by atoms with Gasteiger partial charge in [-0.2, -0.15) is 5.10 Å². The van der Waals surface area contributed by atoms with Crippen LogP contribution in [-0.2, 0) is 14.3 Å². The van der Waals surface area contributed by atoms with Crippen LogP contribution in [0.15, 0.2) is 48.8 Å². The molecule has 4 fully saturated rings. The van der Waals surface area contributed by atoms with Crippen LogP contribution in [0.3, 0.4) is 0 Å². The van der Waals surface area contributed by atoms with E-state index >= 15 is 0 Å². The van der Waals surface area contributed by atoms with E-state index in [-0.39, 0.29) is 24.0 Å². The number of ether oxygens (including phenoxy) is 1. The van der Waals surface area contributed by atoms with Crippen LogP contribution in [0.25, 0.3) is 22.3 Å². The highest BCUT2D eigenvalue weighted by Gasteiger charge is 2.44. The van der Waals surface area contributed by atoms with Crippen molar-refractivity contribution in [2.24, 2.45) is 5.92 Å². The number of morpholine rings is 1. The largest absolute Gasteiger partial charge is 0.385 e. The number of hydrogen-bond acceptors (Lipinski definition) is 10. The summed E-state index contributed by atoms with van der Waals surface area (Å²) in [7, 11) is 0. The zero-order chi connectivity index (χ0) is 33.2. The molecule has 1 unspecified atom stereocenters. The van der Waals surface area contributed by atoms with Crippen LogP contribution in [0, 0.1) is 5.92 Å². The molecule has 2 aliphatic carbocycles. The Balaban J connectivity index is 0.861. The van der Waals surface area contributed by atoms with Crippen molar-refractivity contribution in [1.82, 2.24) is 30.0 Å². The molecule has 2 aromatic heterocycles. The van der Waals surface area contributed by atoms with Crippen molar-refractivity contribution in [1.29, 1.82) is 0 Å². The van der Waals surface area contributed by atoms with Crippen LogP contribution >= 0.6 is 0 Å². The van der Waals surface area contributed by atoms with Crippen LogP contribution in [0.4, 0.5) is 11.4 Å². The number of anilines is 2. The molecule has 0 radical (unpaired) electrons. The second kappa shape index (κ2) is 11.8. The molecule has 13 nitrogen and oxygen atoms in total. The average Bonchev–Trinajstić information content (AvgIpc) is 3.81. The third-order valence-corrected chi connectivity index (χ3v) is 10.5. The number of nitrogens with one attached hydrogen (secondary N) is 2. The molecular weight excluding hydrogens is 624 g/mol. The number of rotatable bonds is 8. The lowest BCUT2D eigenvalue weighted by Crippen LogP contribution is -2.54. The second-order valence-corrected chi connectivity index (χ2v) is 13.8. The van der Waals surface area contributed by atoms with Crippen LogP contribution in [-0.4, -0.2) is 87.2 Å². The lowest BCUT2D eigenvalue weighted by molar-refractivity contribution is -0.136. The molecule has 2 saturated carbocycles. The Morgan fingerprint density at radius 1 is 0.898 bits per heavy atom. The molecule has 1 atom stereocenters. The van der Waals surface area contributed by atoms with E-state index in [0.29, 0.717) is 17.9 Å². The van der Waals surface area contributed by atoms with Crippen molar-refractivity contribution in [3.63, 3.8) is 0 Å². The monoisotopic (exact) mass is 660 g/mol. The van der Waals surface area contributed by atoms with Crippen molar-refractivity contribution in [3.8, 4) is 11.3 Å². The molecule has 3 aliphatic heterocycles. The first-order chi connectivity index (χ1) is 23.9. The van der Waals surface area contributed by atoms with Crippen molar-refractivity contribution >= 4 is 46.0 Å². The van der Waals surface area contributed by atoms with Crippen molar-refractivity contribution < 1.29 is 23.9 Å². The number of fused-ring (bicyclic) bond motifs is 2. The summed E-state index contributed by atoms with van der Waals surface area (Å²) in [5, 5.41) is 10.8. The van der Waals surface area contributed by atoms with Crippen molar-refractivity contribution in [2.45, 2.75) is 56.5 Å². The summed E-state index contributed by atoms with van der Waals surface area (Å²) in [4.78, 5) is 63.3. The Morgan fingerprint density at radius 2 is 1.71 bits per heavy atom. The van der Waals surface area contributed by atoms with E-state index in [1.165, 1.54) is 0 Å². The topological polar surface area (TPSA) is 152 Å². The minimum Gasteiger partial charge on any atom is -0.385 e. The van der Waals surface area contributed by atoms with Gasteiger partial charge in [-0.3, -0.25) is 39.1 Å². The van der Waals surface area contributed by atoms with Crippen LogP contribution in [0.5, 0.6) is 0 Å². The van der Waals surface area contributed by atoms with Crippen LogP contribution in [0.1, 0.15) is 76.9 Å². The van der Waals surface area contributed by atoms with E-state index < -0.39 is 29.7 Å². The number of imide groups is 2. The first-order valence-corrected chi connectivity index (χ1v) is 17.2. The highest BCUT2D eigenvalue weighted by molar-refractivity contribution is 6.23. The minimum atomic E-state index is -0.974. The number of carbonyl (C=O) groups is 4. The Morgan fingerprint density at radius 3 is 2.51 bits per heavy atom. The fourth-order valence-electron chi connectivity index (χ4n) is 7.52. The van der Waals surface area contributed by atoms with Gasteiger partial charge in [-0.1, -0.05) is 0 Å². The predicted molar refractivity (Wildman–Crippen MR) is 179 cm³/mol. The van der Waals surface area contributed by atoms with Gasteiger partial charge in [0.2, 0.25) is 11.8 Å². The number of carbonyl (C=O) groups excluding carboxylic acids is 4. The Kier molecular flexibility index (Phi) is 7.18. The highest BCUT2D eigenvalue weighted by Crippen LogP contribution is 2.45. The molecule has 0 bridgehead atoms. The summed E-state index contributed by atoms with van der Waals surface area (Å²) in [5.74, 6) is -1.12. The molecule has 5 heterocycles. The van der Waals surface area contributed by atoms with Gasteiger partial charge in [-0.05, 0) is 74.4 Å². The molecule has 2 saturated heterocycles. The van der Waals surface area contributed by atoms with Crippen LogP contribution < -0.4 is 15.5 Å². The number of piperidine rings is 1. The first-order valence-electron chi connectivity index (χ1n) is 17.2. The average molecular weight is 661 g/mol. The summed E-state index contributed by atoms with van der Waals surface area (Å²) in [6, 6.07) is 10.7. The molecule has 49 heavy (non-hydrogen) atoms. The number of amides is 4. The molecule has 4 amide bonds. The summed E-state index contributed by atoms with van der Waals surface area (Å²) in [6.45, 7) is 3.92. The van der Waals surface area contributed by atoms with E-state index in [0.717, 1.165) is 103 Å². The SMILES string of the molecule is O=C1CCC(N2C(=O)c3ccc(NC[C@H]4C[C@H](n5cc(-c6cnc7ccc(N8CCOCC8)cc7n6)c(C6CC6)n5)C4)cc3C2=O)C(=O)N1. The van der Waals surface area contributed by atoms with E-state index in [4.69, 9.17) is 19.8 Å². The fourth-order valence-corrected chi connectivity index (χ4v) is 7.52. The Hall–Kier alpha value is -5.17. The van der Waals surface area contributed by atoms with Gasteiger partial charge >= 0.3 is 0 Å². The predicted octanol–water partition coefficient (Wildman–Crippen LogP) is 3.67. The van der Waals surface area contributed by atoms with E-state index in [1.54, 1.807) is 18.2 Å². The summed E-state index contributed by atoms with van der Waals surface area (Å²) in [5.41, 5.74) is 7.24. The Bertz CT molecular complexity index is 2030. The maximum atomic E-state index is 13.2. The number of hydrogen-bond donors (Lipinski definition) is 2. The summed E-state index contributed by atoms with van der Waals surface area (Å²) < 4.78 is 7.65. The number of aromatic nitrogens is 4. The zero-order valence-electron chi connectivity index (χ0n) is 26.9. The van der Waals surface area contributed by atoms with E-state index in [2.05, 4.69) is 38.5 Å². The highest BCUT2D eigenvalue weighted by atomic mass is 16.5. The lowest BCUT2D eigenvalue weighted by atomic mass is 9.80. The van der Waals surface area contributed by atoms with Gasteiger partial charge in [-0.25, -0.2) is 4.98 Å². The zero-order valence-corrected chi connectivity index (χ0v) is 26.9. The van der Waals surface area contributed by atoms with Gasteiger partial charge in [0.15, 0.2) is 0 Å². The van der Waals surface area contributed by atoms with Gasteiger partial charge in [0, 0.05) is 55.1 Å². The standard InChI is InChI=1S/C36H36N8O5/c45-32-8-7-31(34(46)40-32)44-35(47)25-5-3-22(15-26(25)36(44)48)37-17-20-13-24(14-20)43-19-27(33(41-43)21-1-2-21)30-18-38-28-6-4-23(16-29(28)39-30)42-9-11-49-12-10-42/h3-6,15-16,18-21,24,31,37H,1-2,7-14,17H2,(H,40,45,46)/t20-,24-,31?. The third-order valence-electron chi connectivity index (χ3n) is 10.5. The lowest BCUT2D eigenvalue weighted by Gasteiger charge is -2.35. The van der Waals surface area contributed by atoms with Crippen molar-refractivity contribution in [2.75, 3.05) is 43.1 Å². The smallest absolute Gasteiger partial charge is 0.262 e. The molecule has 4 aromatic rings. The Labute approximate surface area is 282 Å². The third kappa shape index (κ3) is 5.41. The number of nitrogens with zero attached hydrogens (tertiary/aromatic N) is 6. The summed E-state index contributed by atoms with van der Waals surface area (Å²) in [6.07, 6.45) is 8.47. The van der Waals surface area contributed by atoms with Gasteiger partial charge in [0.25, 0.3) is 11.8 Å². The normalized spacial score (nSPS) is 23.9. The number of benzene rings is 2. The van der Waals surface area contributed by atoms with Crippen LogP contribution in [0.2, 0.25) is 0 Å². The quantitative estimate of drug-likeness (QED) is 0.268. The molecular formula is C36H36N8O5. The minimum absolute atomic E-state index is 0.0920. The van der Waals surface area contributed by atoms with Crippen molar-refractivity contribution in [3.05, 3.63) is 65.6 Å². The van der Waals surface area contributed by atoms with Gasteiger partial charge in [0.05, 0.1) is 59.0 Å². The van der Waals surface area contributed by atoms with E-state index in [1.807, 2.05) is 12.3 Å².